The van der Waals surface area contributed by atoms with Crippen molar-refractivity contribution in [2.45, 2.75) is 11.3 Å². The topological polar surface area (TPSA) is 52.3 Å². The summed E-state index contributed by atoms with van der Waals surface area (Å²) in [6.07, 6.45) is -1.75. The summed E-state index contributed by atoms with van der Waals surface area (Å²) in [5.74, 6) is -0.661. The maximum Gasteiger partial charge on any atom is 0.453 e. The number of para-hydroxylation sites is 1. The second-order valence-electron chi connectivity index (χ2n) is 3.81. The summed E-state index contributed by atoms with van der Waals surface area (Å²) >= 11 is 1.02. The van der Waals surface area contributed by atoms with E-state index in [2.05, 4.69) is 15.3 Å². The number of nitrogens with zero attached hydrogens (tertiary/aromatic N) is 4. The minimum absolute atomic E-state index is 0.0495. The molecular weight excluding hydrogens is 305 g/mol. The Labute approximate surface area is 122 Å². The number of halogens is 3. The number of aromatic nitrogens is 3. The summed E-state index contributed by atoms with van der Waals surface area (Å²) in [5.41, 5.74) is 0.550. The van der Waals surface area contributed by atoms with Crippen molar-refractivity contribution in [1.82, 2.24) is 14.9 Å². The Kier molecular flexibility index (Phi) is 4.51. The lowest BCUT2D eigenvalue weighted by molar-refractivity contribution is -0.147. The second kappa shape index (κ2) is 6.17. The third-order valence-corrected chi connectivity index (χ3v) is 3.12. The normalized spacial score (nSPS) is 12.0. The fourth-order valence-corrected chi connectivity index (χ4v) is 2.00. The number of hydrogen-bond donors (Lipinski definition) is 0. The van der Waals surface area contributed by atoms with Crippen LogP contribution in [0.5, 0.6) is 5.75 Å². The second-order valence-corrected chi connectivity index (χ2v) is 4.58. The molecule has 0 N–H and O–H groups in total. The van der Waals surface area contributed by atoms with Gasteiger partial charge in [0.1, 0.15) is 5.75 Å². The first-order valence-electron chi connectivity index (χ1n) is 5.71. The van der Waals surface area contributed by atoms with Crippen LogP contribution in [-0.2, 0) is 6.18 Å². The molecule has 0 radical (unpaired) electrons. The van der Waals surface area contributed by atoms with Crippen LogP contribution in [-0.4, -0.2) is 34.5 Å². The molecule has 21 heavy (non-hydrogen) atoms. The summed E-state index contributed by atoms with van der Waals surface area (Å²) in [4.78, 5) is 0. The first kappa shape index (κ1) is 15.4. The molecule has 9 heteroatoms. The first-order chi connectivity index (χ1) is 9.97. The number of rotatable bonds is 4. The van der Waals surface area contributed by atoms with E-state index in [-0.39, 0.29) is 5.16 Å². The Morgan fingerprint density at radius 1 is 1.29 bits per heavy atom. The summed E-state index contributed by atoms with van der Waals surface area (Å²) in [6, 6.07) is 6.85. The number of benzene rings is 1. The number of thioether (sulfide) groups is 1. The predicted molar refractivity (Wildman–Crippen MR) is 72.8 cm³/mol. The van der Waals surface area contributed by atoms with Gasteiger partial charge in [0.15, 0.2) is 0 Å². The smallest absolute Gasteiger partial charge is 0.453 e. The van der Waals surface area contributed by atoms with Gasteiger partial charge in [0.25, 0.3) is 5.82 Å². The lowest BCUT2D eigenvalue weighted by Gasteiger charge is -2.06. The molecule has 5 nitrogen and oxygen atoms in total. The molecule has 112 valence electrons. The van der Waals surface area contributed by atoms with E-state index in [0.29, 0.717) is 16.0 Å². The largest absolute Gasteiger partial charge is 0.496 e. The summed E-state index contributed by atoms with van der Waals surface area (Å²) < 4.78 is 44.3. The fourth-order valence-electron chi connectivity index (χ4n) is 1.57. The van der Waals surface area contributed by atoms with Gasteiger partial charge in [0.2, 0.25) is 5.16 Å². The number of alkyl halides is 3. The molecule has 1 aromatic carbocycles. The summed E-state index contributed by atoms with van der Waals surface area (Å²) in [7, 11) is 1.47. The highest BCUT2D eigenvalue weighted by atomic mass is 32.2. The third kappa shape index (κ3) is 3.35. The van der Waals surface area contributed by atoms with E-state index in [0.717, 1.165) is 11.8 Å². The molecule has 2 rings (SSSR count). The van der Waals surface area contributed by atoms with Crippen molar-refractivity contribution in [1.29, 1.82) is 0 Å². The zero-order valence-electron chi connectivity index (χ0n) is 11.1. The van der Waals surface area contributed by atoms with Gasteiger partial charge in [0, 0.05) is 5.56 Å². The van der Waals surface area contributed by atoms with Crippen molar-refractivity contribution in [3.63, 3.8) is 0 Å². The quantitative estimate of drug-likeness (QED) is 0.643. The minimum atomic E-state index is -4.63. The molecule has 0 aliphatic rings. The Morgan fingerprint density at radius 3 is 2.62 bits per heavy atom. The zero-order chi connectivity index (χ0) is 15.5. The van der Waals surface area contributed by atoms with Gasteiger partial charge in [-0.3, -0.25) is 0 Å². The Bertz CT molecular complexity index is 654. The molecule has 0 spiro atoms. The molecule has 0 aliphatic carbocycles. The van der Waals surface area contributed by atoms with E-state index in [4.69, 9.17) is 4.74 Å². The van der Waals surface area contributed by atoms with Crippen molar-refractivity contribution >= 4 is 18.0 Å². The van der Waals surface area contributed by atoms with Crippen LogP contribution in [0.2, 0.25) is 0 Å². The van der Waals surface area contributed by atoms with Gasteiger partial charge >= 0.3 is 6.18 Å². The Balaban J connectivity index is 2.43. The predicted octanol–water partition coefficient (Wildman–Crippen LogP) is 2.91. The van der Waals surface area contributed by atoms with Crippen LogP contribution in [0.3, 0.4) is 0 Å². The third-order valence-electron chi connectivity index (χ3n) is 2.50. The van der Waals surface area contributed by atoms with E-state index in [1.165, 1.54) is 13.3 Å². The molecule has 0 amide bonds. The lowest BCUT2D eigenvalue weighted by Crippen LogP contribution is -2.13. The molecule has 0 atom stereocenters. The van der Waals surface area contributed by atoms with Gasteiger partial charge in [-0.15, -0.1) is 10.2 Å². The zero-order valence-corrected chi connectivity index (χ0v) is 11.9. The Morgan fingerprint density at radius 2 is 2.00 bits per heavy atom. The highest BCUT2D eigenvalue weighted by Gasteiger charge is 2.38. The van der Waals surface area contributed by atoms with Gasteiger partial charge in [-0.2, -0.15) is 22.9 Å². The standard InChI is InChI=1S/C12H11F3N4OS/c1-20-9-6-4-3-5-8(9)7-16-19-10(12(13,14)15)17-18-11(19)21-2/h3-7H,1-2H3/b16-7+. The van der Waals surface area contributed by atoms with Crippen molar-refractivity contribution in [3.8, 4) is 5.75 Å². The Hall–Kier alpha value is -2.03. The molecule has 0 aliphatic heterocycles. The van der Waals surface area contributed by atoms with Gasteiger partial charge < -0.3 is 4.74 Å². The number of methoxy groups -OCH3 is 1. The van der Waals surface area contributed by atoms with E-state index in [1.807, 2.05) is 0 Å². The molecule has 0 saturated carbocycles. The van der Waals surface area contributed by atoms with Gasteiger partial charge in [-0.25, -0.2) is 0 Å². The molecule has 1 heterocycles. The van der Waals surface area contributed by atoms with E-state index < -0.39 is 12.0 Å². The summed E-state index contributed by atoms with van der Waals surface area (Å²) in [5, 5.41) is 10.5. The van der Waals surface area contributed by atoms with Crippen molar-refractivity contribution < 1.29 is 17.9 Å². The van der Waals surface area contributed by atoms with Crippen LogP contribution in [0.1, 0.15) is 11.4 Å². The lowest BCUT2D eigenvalue weighted by atomic mass is 10.2. The van der Waals surface area contributed by atoms with Crippen molar-refractivity contribution in [2.24, 2.45) is 5.10 Å². The van der Waals surface area contributed by atoms with Crippen LogP contribution < -0.4 is 4.74 Å². The molecule has 0 bridgehead atoms. The monoisotopic (exact) mass is 316 g/mol. The molecule has 0 fully saturated rings. The number of hydrogen-bond acceptors (Lipinski definition) is 5. The van der Waals surface area contributed by atoms with Gasteiger partial charge in [-0.05, 0) is 18.4 Å². The van der Waals surface area contributed by atoms with E-state index in [9.17, 15) is 13.2 Å². The number of ether oxygens (including phenoxy) is 1. The molecule has 0 unspecified atom stereocenters. The molecule has 2 aromatic rings. The molecular formula is C12H11F3N4OS. The van der Waals surface area contributed by atoms with Gasteiger partial charge in [-0.1, -0.05) is 23.9 Å². The maximum atomic E-state index is 12.8. The first-order valence-corrected chi connectivity index (χ1v) is 6.94. The average Bonchev–Trinajstić information content (AvgIpc) is 2.88. The fraction of sp³-hybridized carbons (Fsp3) is 0.250. The van der Waals surface area contributed by atoms with Crippen molar-refractivity contribution in [3.05, 3.63) is 35.7 Å². The molecule has 1 aromatic heterocycles. The highest BCUT2D eigenvalue weighted by Crippen LogP contribution is 2.30. The highest BCUT2D eigenvalue weighted by molar-refractivity contribution is 7.98. The van der Waals surface area contributed by atoms with Crippen LogP contribution in [0, 0.1) is 0 Å². The summed E-state index contributed by atoms with van der Waals surface area (Å²) in [6.45, 7) is 0. The SMILES string of the molecule is COc1ccccc1/C=N/n1c(SC)nnc1C(F)(F)F. The average molecular weight is 316 g/mol. The maximum absolute atomic E-state index is 12.8. The van der Waals surface area contributed by atoms with Crippen molar-refractivity contribution in [2.75, 3.05) is 13.4 Å². The van der Waals surface area contributed by atoms with Gasteiger partial charge in [0.05, 0.1) is 13.3 Å². The van der Waals surface area contributed by atoms with Crippen LogP contribution in [0.4, 0.5) is 13.2 Å². The van der Waals surface area contributed by atoms with Crippen LogP contribution in [0.25, 0.3) is 0 Å². The van der Waals surface area contributed by atoms with E-state index in [1.54, 1.807) is 30.5 Å². The van der Waals surface area contributed by atoms with E-state index >= 15 is 0 Å². The van der Waals surface area contributed by atoms with Crippen LogP contribution in [0.15, 0.2) is 34.5 Å². The molecule has 0 saturated heterocycles. The van der Waals surface area contributed by atoms with Crippen LogP contribution >= 0.6 is 11.8 Å². The minimum Gasteiger partial charge on any atom is -0.496 e.